The summed E-state index contributed by atoms with van der Waals surface area (Å²) < 4.78 is 43.3. The molecule has 1 aromatic rings. The monoisotopic (exact) mass is 217 g/mol. The Kier molecular flexibility index (Phi) is 2.56. The van der Waals surface area contributed by atoms with Crippen molar-refractivity contribution in [2.75, 3.05) is 13.2 Å². The van der Waals surface area contributed by atoms with Crippen LogP contribution in [0.25, 0.3) is 0 Å². The topological polar surface area (TPSA) is 21.3 Å². The van der Waals surface area contributed by atoms with Gasteiger partial charge in [-0.1, -0.05) is 18.2 Å². The number of hydrogen-bond donors (Lipinski definition) is 1. The Balaban J connectivity index is 2.41. The number of alkyl halides is 3. The largest absolute Gasteiger partial charge is 0.492 e. The maximum absolute atomic E-state index is 12.7. The molecule has 5 heteroatoms. The van der Waals surface area contributed by atoms with Crippen LogP contribution in [-0.4, -0.2) is 19.3 Å². The number of benzene rings is 1. The fourth-order valence-electron chi connectivity index (χ4n) is 1.62. The Morgan fingerprint density at radius 2 is 2.00 bits per heavy atom. The third kappa shape index (κ3) is 2.07. The number of hydrogen-bond acceptors (Lipinski definition) is 2. The van der Waals surface area contributed by atoms with Crippen molar-refractivity contribution >= 4 is 0 Å². The third-order valence-electron chi connectivity index (χ3n) is 2.27. The molecule has 0 radical (unpaired) electrons. The molecule has 1 aliphatic rings. The van der Waals surface area contributed by atoms with Gasteiger partial charge in [-0.2, -0.15) is 13.2 Å². The molecule has 1 aliphatic heterocycles. The van der Waals surface area contributed by atoms with Crippen LogP contribution in [0.15, 0.2) is 24.3 Å². The average molecular weight is 217 g/mol. The molecule has 0 saturated heterocycles. The lowest BCUT2D eigenvalue weighted by Gasteiger charge is -2.20. The molecular weight excluding hydrogens is 207 g/mol. The lowest BCUT2D eigenvalue weighted by molar-refractivity contribution is -0.157. The van der Waals surface area contributed by atoms with Gasteiger partial charge in [-0.25, -0.2) is 0 Å². The highest BCUT2D eigenvalue weighted by Gasteiger charge is 2.42. The Labute approximate surface area is 85.0 Å². The summed E-state index contributed by atoms with van der Waals surface area (Å²) in [6.45, 7) is 0.447. The van der Waals surface area contributed by atoms with Gasteiger partial charge in [0.15, 0.2) is 0 Å². The number of fused-ring (bicyclic) bond motifs is 1. The van der Waals surface area contributed by atoms with E-state index in [1.54, 1.807) is 18.2 Å². The molecule has 82 valence electrons. The molecule has 1 atom stereocenters. The molecule has 15 heavy (non-hydrogen) atoms. The minimum Gasteiger partial charge on any atom is -0.492 e. The van der Waals surface area contributed by atoms with E-state index in [-0.39, 0.29) is 18.7 Å². The maximum Gasteiger partial charge on any atom is 0.408 e. The molecule has 0 fully saturated rings. The molecule has 0 spiro atoms. The number of ether oxygens (including phenoxy) is 1. The zero-order valence-corrected chi connectivity index (χ0v) is 7.84. The Hall–Kier alpha value is -1.23. The fraction of sp³-hybridized carbons (Fsp3) is 0.400. The Bertz CT molecular complexity index is 351. The molecule has 1 unspecified atom stereocenters. The first-order valence-corrected chi connectivity index (χ1v) is 4.61. The Morgan fingerprint density at radius 3 is 2.73 bits per heavy atom. The van der Waals surface area contributed by atoms with Gasteiger partial charge in [0.25, 0.3) is 0 Å². The van der Waals surface area contributed by atoms with E-state index in [0.717, 1.165) is 0 Å². The first-order chi connectivity index (χ1) is 7.09. The second-order valence-electron chi connectivity index (χ2n) is 3.32. The molecule has 0 aromatic heterocycles. The summed E-state index contributed by atoms with van der Waals surface area (Å²) in [7, 11) is 0. The third-order valence-corrected chi connectivity index (χ3v) is 2.27. The summed E-state index contributed by atoms with van der Waals surface area (Å²) in [5, 5.41) is 2.43. The van der Waals surface area contributed by atoms with Crippen molar-refractivity contribution in [1.29, 1.82) is 0 Å². The van der Waals surface area contributed by atoms with Gasteiger partial charge in [0.2, 0.25) is 0 Å². The predicted octanol–water partition coefficient (Wildman–Crippen LogP) is 2.27. The van der Waals surface area contributed by atoms with Crippen molar-refractivity contribution in [2.24, 2.45) is 0 Å². The Morgan fingerprint density at radius 1 is 1.27 bits per heavy atom. The van der Waals surface area contributed by atoms with Crippen LogP contribution in [0.1, 0.15) is 11.6 Å². The van der Waals surface area contributed by atoms with Gasteiger partial charge in [-0.3, -0.25) is 5.32 Å². The van der Waals surface area contributed by atoms with Crippen molar-refractivity contribution in [2.45, 2.75) is 12.2 Å². The molecule has 0 saturated carbocycles. The van der Waals surface area contributed by atoms with Crippen molar-refractivity contribution in [1.82, 2.24) is 5.32 Å². The highest BCUT2D eigenvalue weighted by Crippen LogP contribution is 2.37. The number of rotatable bonds is 0. The molecule has 0 aliphatic carbocycles. The summed E-state index contributed by atoms with van der Waals surface area (Å²) in [6.07, 6.45) is -4.29. The van der Waals surface area contributed by atoms with E-state index in [9.17, 15) is 13.2 Å². The fourth-order valence-corrected chi connectivity index (χ4v) is 1.62. The molecule has 0 amide bonds. The van der Waals surface area contributed by atoms with Crippen LogP contribution in [-0.2, 0) is 0 Å². The maximum atomic E-state index is 12.7. The van der Waals surface area contributed by atoms with E-state index in [1.807, 2.05) is 0 Å². The molecule has 1 heterocycles. The number of para-hydroxylation sites is 1. The van der Waals surface area contributed by atoms with Gasteiger partial charge in [-0.05, 0) is 6.07 Å². The second kappa shape index (κ2) is 3.73. The highest BCUT2D eigenvalue weighted by atomic mass is 19.4. The summed E-state index contributed by atoms with van der Waals surface area (Å²) >= 11 is 0. The summed E-state index contributed by atoms with van der Waals surface area (Å²) in [5.41, 5.74) is 0.155. The molecule has 2 rings (SSSR count). The van der Waals surface area contributed by atoms with Crippen molar-refractivity contribution in [3.05, 3.63) is 29.8 Å². The van der Waals surface area contributed by atoms with E-state index >= 15 is 0 Å². The van der Waals surface area contributed by atoms with Crippen molar-refractivity contribution < 1.29 is 17.9 Å². The van der Waals surface area contributed by atoms with Crippen LogP contribution in [0.2, 0.25) is 0 Å². The lowest BCUT2D eigenvalue weighted by Crippen LogP contribution is -2.34. The van der Waals surface area contributed by atoms with Crippen LogP contribution in [0.4, 0.5) is 13.2 Å². The van der Waals surface area contributed by atoms with Gasteiger partial charge >= 0.3 is 6.18 Å². The predicted molar refractivity (Wildman–Crippen MR) is 48.7 cm³/mol. The van der Waals surface area contributed by atoms with Gasteiger partial charge in [0.05, 0.1) is 0 Å². The first kappa shape index (κ1) is 10.3. The molecule has 0 bridgehead atoms. The first-order valence-electron chi connectivity index (χ1n) is 4.61. The van der Waals surface area contributed by atoms with Gasteiger partial charge in [0, 0.05) is 12.1 Å². The van der Waals surface area contributed by atoms with Crippen molar-refractivity contribution in [3.8, 4) is 5.75 Å². The summed E-state index contributed by atoms with van der Waals surface area (Å²) in [5.74, 6) is 0.310. The van der Waals surface area contributed by atoms with Gasteiger partial charge < -0.3 is 4.74 Å². The smallest absolute Gasteiger partial charge is 0.408 e. The number of nitrogens with one attached hydrogen (secondary N) is 1. The minimum atomic E-state index is -4.29. The zero-order valence-electron chi connectivity index (χ0n) is 7.84. The molecule has 1 aromatic carbocycles. The standard InChI is InChI=1S/C10H10F3NO/c11-10(12,13)9-7-3-1-2-4-8(7)15-6-5-14-9/h1-4,9,14H,5-6H2. The van der Waals surface area contributed by atoms with Crippen LogP contribution >= 0.6 is 0 Å². The summed E-state index contributed by atoms with van der Waals surface area (Å²) in [6, 6.07) is 4.61. The average Bonchev–Trinajstić information content (AvgIpc) is 2.38. The molecule has 2 nitrogen and oxygen atoms in total. The quantitative estimate of drug-likeness (QED) is 0.719. The van der Waals surface area contributed by atoms with E-state index in [0.29, 0.717) is 5.75 Å². The van der Waals surface area contributed by atoms with E-state index < -0.39 is 12.2 Å². The SMILES string of the molecule is FC(F)(F)C1NCCOc2ccccc21. The highest BCUT2D eigenvalue weighted by molar-refractivity contribution is 5.37. The van der Waals surface area contributed by atoms with Gasteiger partial charge in [0.1, 0.15) is 18.4 Å². The minimum absolute atomic E-state index is 0.155. The molecule has 1 N–H and O–H groups in total. The van der Waals surface area contributed by atoms with Crippen LogP contribution in [0.5, 0.6) is 5.75 Å². The lowest BCUT2D eigenvalue weighted by atomic mass is 10.1. The number of halogens is 3. The van der Waals surface area contributed by atoms with Crippen LogP contribution in [0.3, 0.4) is 0 Å². The molecular formula is C10H10F3NO. The van der Waals surface area contributed by atoms with E-state index in [1.165, 1.54) is 6.07 Å². The van der Waals surface area contributed by atoms with Gasteiger partial charge in [-0.15, -0.1) is 0 Å². The summed E-state index contributed by atoms with van der Waals surface area (Å²) in [4.78, 5) is 0. The van der Waals surface area contributed by atoms with E-state index in [2.05, 4.69) is 5.32 Å². The van der Waals surface area contributed by atoms with Crippen LogP contribution < -0.4 is 10.1 Å². The second-order valence-corrected chi connectivity index (χ2v) is 3.32. The zero-order chi connectivity index (χ0) is 10.9. The van der Waals surface area contributed by atoms with E-state index in [4.69, 9.17) is 4.74 Å². The van der Waals surface area contributed by atoms with Crippen LogP contribution in [0, 0.1) is 0 Å². The normalized spacial score (nSPS) is 21.4. The van der Waals surface area contributed by atoms with Crippen molar-refractivity contribution in [3.63, 3.8) is 0 Å².